The highest BCUT2D eigenvalue weighted by Gasteiger charge is 2.12. The van der Waals surface area contributed by atoms with Crippen molar-refractivity contribution >= 4 is 35.0 Å². The lowest BCUT2D eigenvalue weighted by Crippen LogP contribution is -2.20. The van der Waals surface area contributed by atoms with Crippen LogP contribution in [0.1, 0.15) is 31.9 Å². The molecule has 1 atom stereocenters. The van der Waals surface area contributed by atoms with Gasteiger partial charge in [0.2, 0.25) is 0 Å². The summed E-state index contributed by atoms with van der Waals surface area (Å²) >= 11 is 13.7. The largest absolute Gasteiger partial charge is 0.310 e. The molecule has 1 nitrogen and oxygen atoms in total. The van der Waals surface area contributed by atoms with E-state index >= 15 is 0 Å². The van der Waals surface area contributed by atoms with Crippen molar-refractivity contribution in [1.82, 2.24) is 5.32 Å². The number of nitrogens with one attached hydrogen (secondary N) is 1. The second kappa shape index (κ2) is 8.26. The van der Waals surface area contributed by atoms with Crippen LogP contribution in [-0.2, 0) is 0 Å². The van der Waals surface area contributed by atoms with Crippen LogP contribution in [0.2, 0.25) is 10.0 Å². The highest BCUT2D eigenvalue weighted by Crippen LogP contribution is 2.28. The van der Waals surface area contributed by atoms with Crippen LogP contribution in [0.15, 0.2) is 12.1 Å². The predicted molar refractivity (Wildman–Crippen MR) is 80.5 cm³/mol. The lowest BCUT2D eigenvalue weighted by atomic mass is 10.1. The molecule has 1 unspecified atom stereocenters. The number of hydrogen-bond acceptors (Lipinski definition) is 2. The molecule has 1 aromatic carbocycles. The molecule has 0 spiro atoms. The van der Waals surface area contributed by atoms with Gasteiger partial charge in [-0.2, -0.15) is 11.8 Å². The molecular weight excluding hydrogens is 292 g/mol. The summed E-state index contributed by atoms with van der Waals surface area (Å²) < 4.78 is 13.4. The minimum Gasteiger partial charge on any atom is -0.310 e. The molecule has 0 amide bonds. The third-order valence-corrected chi connectivity index (χ3v) is 4.23. The van der Waals surface area contributed by atoms with E-state index in [1.54, 1.807) is 0 Å². The van der Waals surface area contributed by atoms with Gasteiger partial charge in [0.25, 0.3) is 0 Å². The van der Waals surface area contributed by atoms with Crippen LogP contribution in [0.5, 0.6) is 0 Å². The van der Waals surface area contributed by atoms with E-state index in [1.165, 1.54) is 12.1 Å². The molecule has 0 radical (unpaired) electrons. The van der Waals surface area contributed by atoms with Crippen molar-refractivity contribution in [2.45, 2.75) is 26.3 Å². The van der Waals surface area contributed by atoms with Crippen molar-refractivity contribution in [3.8, 4) is 0 Å². The quantitative estimate of drug-likeness (QED) is 0.566. The lowest BCUT2D eigenvalue weighted by molar-refractivity contribution is 0.564. The first-order valence-electron chi connectivity index (χ1n) is 6.01. The number of rotatable bonds is 7. The fourth-order valence-corrected chi connectivity index (χ4v) is 2.80. The Morgan fingerprint density at radius 1 is 1.33 bits per heavy atom. The van der Waals surface area contributed by atoms with Gasteiger partial charge in [-0.1, -0.05) is 30.1 Å². The van der Waals surface area contributed by atoms with Gasteiger partial charge >= 0.3 is 0 Å². The van der Waals surface area contributed by atoms with Crippen molar-refractivity contribution in [3.05, 3.63) is 33.6 Å². The fraction of sp³-hybridized carbons (Fsp3) is 0.538. The van der Waals surface area contributed by atoms with Crippen LogP contribution < -0.4 is 5.32 Å². The van der Waals surface area contributed by atoms with Gasteiger partial charge in [-0.3, -0.25) is 0 Å². The van der Waals surface area contributed by atoms with Crippen LogP contribution >= 0.6 is 35.0 Å². The normalized spacial score (nSPS) is 12.7. The fourth-order valence-electron chi connectivity index (χ4n) is 1.62. The van der Waals surface area contributed by atoms with Crippen LogP contribution in [0, 0.1) is 5.82 Å². The second-order valence-corrected chi connectivity index (χ2v) is 6.22. The Kier molecular flexibility index (Phi) is 7.38. The topological polar surface area (TPSA) is 12.0 Å². The van der Waals surface area contributed by atoms with Crippen LogP contribution in [-0.4, -0.2) is 18.1 Å². The Balaban J connectivity index is 2.51. The monoisotopic (exact) mass is 309 g/mol. The second-order valence-electron chi connectivity index (χ2n) is 4.01. The smallest absolute Gasteiger partial charge is 0.142 e. The Morgan fingerprint density at radius 2 is 2.06 bits per heavy atom. The van der Waals surface area contributed by atoms with Crippen molar-refractivity contribution in [3.63, 3.8) is 0 Å². The van der Waals surface area contributed by atoms with Gasteiger partial charge in [0.15, 0.2) is 0 Å². The summed E-state index contributed by atoms with van der Waals surface area (Å²) in [7, 11) is 0. The first-order chi connectivity index (χ1) is 8.56. The lowest BCUT2D eigenvalue weighted by Gasteiger charge is -2.16. The average molecular weight is 310 g/mol. The highest BCUT2D eigenvalue weighted by atomic mass is 35.5. The van der Waals surface area contributed by atoms with Gasteiger partial charge in [-0.15, -0.1) is 0 Å². The molecule has 0 saturated heterocycles. The van der Waals surface area contributed by atoms with E-state index in [-0.39, 0.29) is 11.1 Å². The van der Waals surface area contributed by atoms with E-state index in [1.807, 2.05) is 18.7 Å². The van der Waals surface area contributed by atoms with Crippen LogP contribution in [0.4, 0.5) is 4.39 Å². The summed E-state index contributed by atoms with van der Waals surface area (Å²) in [5.74, 6) is 1.86. The third-order valence-electron chi connectivity index (χ3n) is 2.63. The molecule has 102 valence electrons. The molecule has 5 heteroatoms. The zero-order valence-electron chi connectivity index (χ0n) is 10.6. The zero-order chi connectivity index (χ0) is 13.5. The third kappa shape index (κ3) is 4.96. The summed E-state index contributed by atoms with van der Waals surface area (Å²) in [6.45, 7) is 5.02. The molecule has 1 N–H and O–H groups in total. The molecule has 0 bridgehead atoms. The molecular formula is C13H18Cl2FNS. The SMILES string of the molecule is CCSCCCNC(C)c1cc(F)c(Cl)cc1Cl. The number of halogens is 3. The summed E-state index contributed by atoms with van der Waals surface area (Å²) in [4.78, 5) is 0. The highest BCUT2D eigenvalue weighted by molar-refractivity contribution is 7.99. The summed E-state index contributed by atoms with van der Waals surface area (Å²) in [6.07, 6.45) is 1.09. The summed E-state index contributed by atoms with van der Waals surface area (Å²) in [6, 6.07) is 2.89. The molecule has 0 saturated carbocycles. The molecule has 18 heavy (non-hydrogen) atoms. The Hall–Kier alpha value is 0.0400. The van der Waals surface area contributed by atoms with Gasteiger partial charge in [-0.25, -0.2) is 4.39 Å². The summed E-state index contributed by atoms with van der Waals surface area (Å²) in [5.41, 5.74) is 0.752. The first kappa shape index (κ1) is 16.1. The average Bonchev–Trinajstić information content (AvgIpc) is 2.33. The van der Waals surface area contributed by atoms with Gasteiger partial charge < -0.3 is 5.32 Å². The summed E-state index contributed by atoms with van der Waals surface area (Å²) in [5, 5.41) is 3.91. The molecule has 0 fully saturated rings. The van der Waals surface area contributed by atoms with Crippen molar-refractivity contribution < 1.29 is 4.39 Å². The minimum atomic E-state index is -0.425. The maximum atomic E-state index is 13.4. The number of thioether (sulfide) groups is 1. The Labute approximate surface area is 122 Å². The standard InChI is InChI=1S/C13H18Cl2FNS/c1-3-18-6-4-5-17-9(2)10-7-13(16)12(15)8-11(10)14/h7-9,17H,3-6H2,1-2H3. The van der Waals surface area contributed by atoms with Crippen molar-refractivity contribution in [2.75, 3.05) is 18.1 Å². The Bertz CT molecular complexity index is 387. The van der Waals surface area contributed by atoms with Crippen molar-refractivity contribution in [2.24, 2.45) is 0 Å². The molecule has 0 aliphatic rings. The van der Waals surface area contributed by atoms with E-state index in [9.17, 15) is 4.39 Å². The first-order valence-corrected chi connectivity index (χ1v) is 7.92. The van der Waals surface area contributed by atoms with E-state index in [0.717, 1.165) is 30.0 Å². The molecule has 0 aliphatic carbocycles. The zero-order valence-corrected chi connectivity index (χ0v) is 12.9. The van der Waals surface area contributed by atoms with Gasteiger partial charge in [-0.05, 0) is 49.1 Å². The molecule has 0 aliphatic heterocycles. The number of benzene rings is 1. The number of hydrogen-bond donors (Lipinski definition) is 1. The minimum absolute atomic E-state index is 0.0240. The molecule has 0 aromatic heterocycles. The van der Waals surface area contributed by atoms with E-state index in [0.29, 0.717) is 5.02 Å². The Morgan fingerprint density at radius 3 is 2.72 bits per heavy atom. The maximum absolute atomic E-state index is 13.4. The predicted octanol–water partition coefficient (Wildman–Crippen LogP) is 4.93. The van der Waals surface area contributed by atoms with Gasteiger partial charge in [0.05, 0.1) is 5.02 Å². The van der Waals surface area contributed by atoms with Crippen LogP contribution in [0.3, 0.4) is 0 Å². The maximum Gasteiger partial charge on any atom is 0.142 e. The van der Waals surface area contributed by atoms with E-state index in [2.05, 4.69) is 12.2 Å². The molecule has 1 aromatic rings. The van der Waals surface area contributed by atoms with Gasteiger partial charge in [0.1, 0.15) is 5.82 Å². The molecule has 0 heterocycles. The van der Waals surface area contributed by atoms with E-state index in [4.69, 9.17) is 23.2 Å². The molecule has 1 rings (SSSR count). The van der Waals surface area contributed by atoms with Crippen LogP contribution in [0.25, 0.3) is 0 Å². The van der Waals surface area contributed by atoms with Crippen molar-refractivity contribution in [1.29, 1.82) is 0 Å². The van der Waals surface area contributed by atoms with E-state index < -0.39 is 5.82 Å². The van der Waals surface area contributed by atoms with Gasteiger partial charge in [0, 0.05) is 11.1 Å².